The van der Waals surface area contributed by atoms with Crippen molar-refractivity contribution < 1.29 is 4.74 Å². The maximum Gasteiger partial charge on any atom is 0.124 e. The largest absolute Gasteiger partial charge is 0.492 e. The summed E-state index contributed by atoms with van der Waals surface area (Å²) < 4.78 is 5.79. The van der Waals surface area contributed by atoms with Gasteiger partial charge in [0.05, 0.1) is 12.1 Å². The lowest BCUT2D eigenvalue weighted by Crippen LogP contribution is -2.47. The van der Waals surface area contributed by atoms with Gasteiger partial charge in [0.1, 0.15) is 12.4 Å². The highest BCUT2D eigenvalue weighted by Gasteiger charge is 2.31. The van der Waals surface area contributed by atoms with Gasteiger partial charge in [-0.2, -0.15) is 0 Å². The van der Waals surface area contributed by atoms with E-state index < -0.39 is 0 Å². The molecule has 3 heteroatoms. The molecular formula is C13H20N2O. The minimum atomic E-state index is 0.366. The Kier molecular flexibility index (Phi) is 3.46. The quantitative estimate of drug-likeness (QED) is 0.838. The molecule has 0 aliphatic carbocycles. The molecule has 2 rings (SSSR count). The monoisotopic (exact) mass is 220 g/mol. The van der Waals surface area contributed by atoms with Gasteiger partial charge in [-0.15, -0.1) is 0 Å². The van der Waals surface area contributed by atoms with Crippen molar-refractivity contribution in [1.29, 1.82) is 0 Å². The van der Waals surface area contributed by atoms with Gasteiger partial charge < -0.3 is 15.0 Å². The van der Waals surface area contributed by atoms with Crippen molar-refractivity contribution in [3.63, 3.8) is 0 Å². The lowest BCUT2D eigenvalue weighted by Gasteiger charge is -2.37. The summed E-state index contributed by atoms with van der Waals surface area (Å²) in [6, 6.07) is 9.06. The van der Waals surface area contributed by atoms with Crippen LogP contribution >= 0.6 is 0 Å². The van der Waals surface area contributed by atoms with Crippen LogP contribution in [0.25, 0.3) is 0 Å². The van der Waals surface area contributed by atoms with E-state index in [-0.39, 0.29) is 0 Å². The third kappa shape index (κ3) is 2.06. The van der Waals surface area contributed by atoms with Crippen LogP contribution in [-0.2, 0) is 0 Å². The van der Waals surface area contributed by atoms with Gasteiger partial charge in [0, 0.05) is 5.56 Å². The lowest BCUT2D eigenvalue weighted by atomic mass is 9.95. The number of nitrogens with one attached hydrogen (secondary N) is 1. The first-order valence-electron chi connectivity index (χ1n) is 5.85. The summed E-state index contributed by atoms with van der Waals surface area (Å²) in [7, 11) is 4.21. The Morgan fingerprint density at radius 3 is 2.81 bits per heavy atom. The molecule has 0 saturated carbocycles. The number of para-hydroxylation sites is 1. The molecule has 3 nitrogen and oxygen atoms in total. The molecule has 88 valence electrons. The first kappa shape index (κ1) is 11.4. The summed E-state index contributed by atoms with van der Waals surface area (Å²) in [4.78, 5) is 2.23. The van der Waals surface area contributed by atoms with Gasteiger partial charge in [0.15, 0.2) is 0 Å². The van der Waals surface area contributed by atoms with E-state index in [0.29, 0.717) is 12.1 Å². The highest BCUT2D eigenvalue weighted by atomic mass is 16.5. The Balaban J connectivity index is 2.31. The highest BCUT2D eigenvalue weighted by Crippen LogP contribution is 2.33. The van der Waals surface area contributed by atoms with Gasteiger partial charge in [-0.3, -0.25) is 0 Å². The molecule has 0 fully saturated rings. The molecule has 0 radical (unpaired) electrons. The molecule has 0 saturated heterocycles. The third-order valence-corrected chi connectivity index (χ3v) is 3.14. The molecule has 0 bridgehead atoms. The van der Waals surface area contributed by atoms with Gasteiger partial charge in [0.2, 0.25) is 0 Å². The second kappa shape index (κ2) is 4.85. The van der Waals surface area contributed by atoms with Crippen LogP contribution in [0.5, 0.6) is 5.75 Å². The Bertz CT molecular complexity index is 352. The van der Waals surface area contributed by atoms with Crippen molar-refractivity contribution in [3.8, 4) is 5.75 Å². The molecule has 1 aliphatic heterocycles. The van der Waals surface area contributed by atoms with Gasteiger partial charge >= 0.3 is 0 Å². The van der Waals surface area contributed by atoms with Crippen LogP contribution in [0.4, 0.5) is 0 Å². The molecule has 16 heavy (non-hydrogen) atoms. The number of hydrogen-bond donors (Lipinski definition) is 1. The summed E-state index contributed by atoms with van der Waals surface area (Å²) in [5.74, 6) is 1.02. The van der Waals surface area contributed by atoms with Crippen LogP contribution in [0.1, 0.15) is 18.5 Å². The Hall–Kier alpha value is -1.06. The Labute approximate surface area is 97.4 Å². The van der Waals surface area contributed by atoms with Gasteiger partial charge in [-0.25, -0.2) is 0 Å². The molecule has 1 N–H and O–H groups in total. The summed E-state index contributed by atoms with van der Waals surface area (Å²) in [5, 5.41) is 3.55. The molecule has 0 spiro atoms. The smallest absolute Gasteiger partial charge is 0.124 e. The number of ether oxygens (including phenoxy) is 1. The number of hydrogen-bond acceptors (Lipinski definition) is 3. The summed E-state index contributed by atoms with van der Waals surface area (Å²) in [6.07, 6.45) is 0. The van der Waals surface area contributed by atoms with Crippen molar-refractivity contribution in [3.05, 3.63) is 29.8 Å². The predicted octanol–water partition coefficient (Wildman–Crippen LogP) is 1.66. The SMILES string of the molecule is CCNC1c2ccccc2OCC1N(C)C. The van der Waals surface area contributed by atoms with Gasteiger partial charge in [-0.05, 0) is 26.7 Å². The molecule has 1 aromatic rings. The Morgan fingerprint density at radius 1 is 1.38 bits per heavy atom. The van der Waals surface area contributed by atoms with E-state index in [4.69, 9.17) is 4.74 Å². The fourth-order valence-electron chi connectivity index (χ4n) is 2.26. The van der Waals surface area contributed by atoms with Gasteiger partial charge in [-0.1, -0.05) is 25.1 Å². The summed E-state index contributed by atoms with van der Waals surface area (Å²) >= 11 is 0. The average molecular weight is 220 g/mol. The maximum atomic E-state index is 5.79. The molecule has 0 amide bonds. The normalized spacial score (nSPS) is 24.0. The fraction of sp³-hybridized carbons (Fsp3) is 0.538. The van der Waals surface area contributed by atoms with Crippen molar-refractivity contribution >= 4 is 0 Å². The zero-order chi connectivity index (χ0) is 11.5. The predicted molar refractivity (Wildman–Crippen MR) is 65.8 cm³/mol. The number of nitrogens with zero attached hydrogens (tertiary/aromatic N) is 1. The van der Waals surface area contributed by atoms with E-state index >= 15 is 0 Å². The third-order valence-electron chi connectivity index (χ3n) is 3.14. The average Bonchev–Trinajstić information content (AvgIpc) is 2.29. The number of benzene rings is 1. The first-order valence-corrected chi connectivity index (χ1v) is 5.85. The van der Waals surface area contributed by atoms with E-state index in [0.717, 1.165) is 18.9 Å². The van der Waals surface area contributed by atoms with E-state index in [2.05, 4.69) is 43.4 Å². The van der Waals surface area contributed by atoms with E-state index in [9.17, 15) is 0 Å². The standard InChI is InChI=1S/C13H20N2O/c1-4-14-13-10-7-5-6-8-12(10)16-9-11(13)15(2)3/h5-8,11,13-14H,4,9H2,1-3H3. The molecule has 1 aromatic carbocycles. The second-order valence-corrected chi connectivity index (χ2v) is 4.42. The summed E-state index contributed by atoms with van der Waals surface area (Å²) in [5.41, 5.74) is 1.27. The van der Waals surface area contributed by atoms with Gasteiger partial charge in [0.25, 0.3) is 0 Å². The summed E-state index contributed by atoms with van der Waals surface area (Å²) in [6.45, 7) is 3.87. The minimum absolute atomic E-state index is 0.366. The number of rotatable bonds is 3. The molecule has 2 atom stereocenters. The van der Waals surface area contributed by atoms with Crippen molar-refractivity contribution in [2.24, 2.45) is 0 Å². The maximum absolute atomic E-state index is 5.79. The van der Waals surface area contributed by atoms with Crippen molar-refractivity contribution in [2.75, 3.05) is 27.2 Å². The van der Waals surface area contributed by atoms with E-state index in [1.165, 1.54) is 5.56 Å². The minimum Gasteiger partial charge on any atom is -0.492 e. The van der Waals surface area contributed by atoms with Crippen LogP contribution in [0.2, 0.25) is 0 Å². The molecular weight excluding hydrogens is 200 g/mol. The van der Waals surface area contributed by atoms with Crippen LogP contribution < -0.4 is 10.1 Å². The number of likely N-dealkylation sites (N-methyl/N-ethyl adjacent to an activating group) is 2. The number of fused-ring (bicyclic) bond motifs is 1. The Morgan fingerprint density at radius 2 is 2.12 bits per heavy atom. The van der Waals surface area contributed by atoms with Crippen LogP contribution in [-0.4, -0.2) is 38.2 Å². The molecule has 0 aromatic heterocycles. The molecule has 1 heterocycles. The lowest BCUT2D eigenvalue weighted by molar-refractivity contribution is 0.126. The van der Waals surface area contributed by atoms with E-state index in [1.807, 2.05) is 12.1 Å². The van der Waals surface area contributed by atoms with Crippen LogP contribution in [0, 0.1) is 0 Å². The van der Waals surface area contributed by atoms with Crippen LogP contribution in [0.3, 0.4) is 0 Å². The highest BCUT2D eigenvalue weighted by molar-refractivity contribution is 5.38. The fourth-order valence-corrected chi connectivity index (χ4v) is 2.26. The second-order valence-electron chi connectivity index (χ2n) is 4.42. The van der Waals surface area contributed by atoms with Crippen molar-refractivity contribution in [1.82, 2.24) is 10.2 Å². The van der Waals surface area contributed by atoms with E-state index in [1.54, 1.807) is 0 Å². The zero-order valence-electron chi connectivity index (χ0n) is 10.2. The van der Waals surface area contributed by atoms with Crippen LogP contribution in [0.15, 0.2) is 24.3 Å². The van der Waals surface area contributed by atoms with Crippen molar-refractivity contribution in [2.45, 2.75) is 19.0 Å². The molecule has 2 unspecified atom stereocenters. The molecule has 1 aliphatic rings. The topological polar surface area (TPSA) is 24.5 Å². The first-order chi connectivity index (χ1) is 7.74. The zero-order valence-corrected chi connectivity index (χ0v) is 10.2.